The van der Waals surface area contributed by atoms with Crippen LogP contribution in [0.15, 0.2) is 42.6 Å². The predicted octanol–water partition coefficient (Wildman–Crippen LogP) is 2.07. The van der Waals surface area contributed by atoms with Gasteiger partial charge in [-0.15, -0.1) is 0 Å². The number of pyridine rings is 1. The first-order valence-electron chi connectivity index (χ1n) is 5.69. The first-order chi connectivity index (χ1) is 9.13. The van der Waals surface area contributed by atoms with Gasteiger partial charge in [0.25, 0.3) is 5.91 Å². The Kier molecular flexibility index (Phi) is 3.66. The molecule has 0 bridgehead atoms. The van der Waals surface area contributed by atoms with Crippen molar-refractivity contribution in [1.82, 2.24) is 4.98 Å². The third kappa shape index (κ3) is 2.65. The highest BCUT2D eigenvalue weighted by Crippen LogP contribution is 2.25. The van der Waals surface area contributed by atoms with Gasteiger partial charge in [-0.3, -0.25) is 9.69 Å². The zero-order chi connectivity index (χ0) is 13.8. The summed E-state index contributed by atoms with van der Waals surface area (Å²) >= 11 is 0. The molecule has 0 aliphatic carbocycles. The van der Waals surface area contributed by atoms with Gasteiger partial charge in [0, 0.05) is 13.2 Å². The number of carbonyl (C=O) groups excluding carboxylic acids is 1. The van der Waals surface area contributed by atoms with Gasteiger partial charge in [0.1, 0.15) is 17.3 Å². The van der Waals surface area contributed by atoms with E-state index in [0.29, 0.717) is 11.6 Å². The minimum atomic E-state index is -0.352. The molecule has 0 saturated carbocycles. The largest absolute Gasteiger partial charge is 0.507 e. The summed E-state index contributed by atoms with van der Waals surface area (Å²) < 4.78 is 5.05. The van der Waals surface area contributed by atoms with E-state index in [2.05, 4.69) is 4.98 Å². The van der Waals surface area contributed by atoms with Crippen molar-refractivity contribution in [3.8, 4) is 11.5 Å². The number of carbonyl (C=O) groups is 1. The highest BCUT2D eigenvalue weighted by atomic mass is 16.5. The molecule has 19 heavy (non-hydrogen) atoms. The fourth-order valence-corrected chi connectivity index (χ4v) is 1.65. The van der Waals surface area contributed by atoms with Crippen molar-refractivity contribution in [3.63, 3.8) is 0 Å². The number of aromatic nitrogens is 1. The summed E-state index contributed by atoms with van der Waals surface area (Å²) in [6.45, 7) is 0. The minimum Gasteiger partial charge on any atom is -0.507 e. The lowest BCUT2D eigenvalue weighted by molar-refractivity contribution is 0.0989. The van der Waals surface area contributed by atoms with Gasteiger partial charge < -0.3 is 9.84 Å². The zero-order valence-corrected chi connectivity index (χ0v) is 10.7. The van der Waals surface area contributed by atoms with Crippen LogP contribution in [0.25, 0.3) is 0 Å². The average Bonchev–Trinajstić information content (AvgIpc) is 2.47. The molecule has 5 heteroatoms. The van der Waals surface area contributed by atoms with E-state index in [1.807, 2.05) is 0 Å². The summed E-state index contributed by atoms with van der Waals surface area (Å²) in [5.74, 6) is 0.578. The molecule has 98 valence electrons. The smallest absolute Gasteiger partial charge is 0.263 e. The number of benzene rings is 1. The first kappa shape index (κ1) is 12.9. The maximum Gasteiger partial charge on any atom is 0.263 e. The summed E-state index contributed by atoms with van der Waals surface area (Å²) in [7, 11) is 3.10. The normalized spacial score (nSPS) is 10.0. The molecule has 0 spiro atoms. The van der Waals surface area contributed by atoms with E-state index in [-0.39, 0.29) is 17.2 Å². The molecule has 0 aliphatic rings. The second-order valence-electron chi connectivity index (χ2n) is 3.94. The molecule has 5 nitrogen and oxygen atoms in total. The number of methoxy groups -OCH3 is 1. The standard InChI is InChI=1S/C14H14N2O3/c1-16(13-5-3-4-8-15-13)14(18)11-9-10(19-2)6-7-12(11)17/h3-9,17H,1-2H3. The number of hydrogen-bond acceptors (Lipinski definition) is 4. The van der Waals surface area contributed by atoms with Gasteiger partial charge in [0.2, 0.25) is 0 Å². The fraction of sp³-hybridized carbons (Fsp3) is 0.143. The highest BCUT2D eigenvalue weighted by molar-refractivity contribution is 6.07. The molecule has 0 fully saturated rings. The van der Waals surface area contributed by atoms with Crippen LogP contribution >= 0.6 is 0 Å². The van der Waals surface area contributed by atoms with Gasteiger partial charge >= 0.3 is 0 Å². The van der Waals surface area contributed by atoms with Crippen LogP contribution in [0.5, 0.6) is 11.5 Å². The quantitative estimate of drug-likeness (QED) is 0.915. The van der Waals surface area contributed by atoms with Crippen LogP contribution in [-0.4, -0.2) is 30.2 Å². The molecule has 0 aliphatic heterocycles. The van der Waals surface area contributed by atoms with Crippen LogP contribution < -0.4 is 9.64 Å². The van der Waals surface area contributed by atoms with Gasteiger partial charge in [-0.25, -0.2) is 4.98 Å². The Bertz CT molecular complexity index is 584. The number of anilines is 1. The molecule has 1 heterocycles. The van der Waals surface area contributed by atoms with Crippen molar-refractivity contribution in [2.24, 2.45) is 0 Å². The predicted molar refractivity (Wildman–Crippen MR) is 71.6 cm³/mol. The average molecular weight is 258 g/mol. The summed E-state index contributed by atoms with van der Waals surface area (Å²) in [5.41, 5.74) is 0.174. The van der Waals surface area contributed by atoms with Crippen LogP contribution in [0, 0.1) is 0 Å². The molecule has 0 saturated heterocycles. The summed E-state index contributed by atoms with van der Waals surface area (Å²) in [5, 5.41) is 9.77. The topological polar surface area (TPSA) is 62.7 Å². The van der Waals surface area contributed by atoms with E-state index in [1.54, 1.807) is 37.5 Å². The molecule has 1 amide bonds. The third-order valence-electron chi connectivity index (χ3n) is 2.73. The monoisotopic (exact) mass is 258 g/mol. The Morgan fingerprint density at radius 2 is 2.11 bits per heavy atom. The Morgan fingerprint density at radius 3 is 2.74 bits per heavy atom. The molecule has 2 aromatic rings. The maximum absolute atomic E-state index is 12.3. The minimum absolute atomic E-state index is 0.0893. The number of rotatable bonds is 3. The van der Waals surface area contributed by atoms with Gasteiger partial charge in [-0.1, -0.05) is 6.07 Å². The number of nitrogens with zero attached hydrogens (tertiary/aromatic N) is 2. The van der Waals surface area contributed by atoms with Crippen molar-refractivity contribution in [3.05, 3.63) is 48.2 Å². The van der Waals surface area contributed by atoms with E-state index < -0.39 is 0 Å². The SMILES string of the molecule is COc1ccc(O)c(C(=O)N(C)c2ccccn2)c1. The van der Waals surface area contributed by atoms with E-state index in [9.17, 15) is 9.90 Å². The number of amides is 1. The van der Waals surface area contributed by atoms with Crippen LogP contribution in [0.4, 0.5) is 5.82 Å². The van der Waals surface area contributed by atoms with Crippen LogP contribution in [0.2, 0.25) is 0 Å². The van der Waals surface area contributed by atoms with Crippen molar-refractivity contribution in [1.29, 1.82) is 0 Å². The van der Waals surface area contributed by atoms with Gasteiger partial charge in [0.15, 0.2) is 0 Å². The third-order valence-corrected chi connectivity index (χ3v) is 2.73. The number of hydrogen-bond donors (Lipinski definition) is 1. The van der Waals surface area contributed by atoms with Crippen molar-refractivity contribution in [2.75, 3.05) is 19.1 Å². The molecular formula is C14H14N2O3. The lowest BCUT2D eigenvalue weighted by Crippen LogP contribution is -2.27. The fourth-order valence-electron chi connectivity index (χ4n) is 1.65. The summed E-state index contributed by atoms with van der Waals surface area (Å²) in [6, 6.07) is 9.79. The van der Waals surface area contributed by atoms with Crippen molar-refractivity contribution < 1.29 is 14.6 Å². The Balaban J connectivity index is 2.34. The Morgan fingerprint density at radius 1 is 1.32 bits per heavy atom. The van der Waals surface area contributed by atoms with Gasteiger partial charge in [-0.05, 0) is 30.3 Å². The second-order valence-corrected chi connectivity index (χ2v) is 3.94. The van der Waals surface area contributed by atoms with E-state index in [0.717, 1.165) is 0 Å². The number of aromatic hydroxyl groups is 1. The molecule has 0 radical (unpaired) electrons. The molecule has 1 aromatic carbocycles. The first-order valence-corrected chi connectivity index (χ1v) is 5.69. The molecule has 0 atom stereocenters. The summed E-state index contributed by atoms with van der Waals surface area (Å²) in [4.78, 5) is 17.8. The van der Waals surface area contributed by atoms with E-state index >= 15 is 0 Å². The van der Waals surface area contributed by atoms with Crippen molar-refractivity contribution in [2.45, 2.75) is 0 Å². The van der Waals surface area contributed by atoms with Crippen LogP contribution in [0.3, 0.4) is 0 Å². The van der Waals surface area contributed by atoms with E-state index in [1.165, 1.54) is 24.1 Å². The molecule has 1 N–H and O–H groups in total. The lowest BCUT2D eigenvalue weighted by Gasteiger charge is -2.17. The molecule has 2 rings (SSSR count). The maximum atomic E-state index is 12.3. The van der Waals surface area contributed by atoms with Crippen molar-refractivity contribution >= 4 is 11.7 Å². The Hall–Kier alpha value is -2.56. The summed E-state index contributed by atoms with van der Waals surface area (Å²) in [6.07, 6.45) is 1.60. The second kappa shape index (κ2) is 5.39. The van der Waals surface area contributed by atoms with Gasteiger partial charge in [0.05, 0.1) is 12.7 Å². The van der Waals surface area contributed by atoms with Crippen LogP contribution in [-0.2, 0) is 0 Å². The number of phenols is 1. The molecule has 0 unspecified atom stereocenters. The van der Waals surface area contributed by atoms with E-state index in [4.69, 9.17) is 4.74 Å². The highest BCUT2D eigenvalue weighted by Gasteiger charge is 2.18. The number of ether oxygens (including phenoxy) is 1. The van der Waals surface area contributed by atoms with Gasteiger partial charge in [-0.2, -0.15) is 0 Å². The van der Waals surface area contributed by atoms with Crippen LogP contribution in [0.1, 0.15) is 10.4 Å². The number of phenolic OH excluding ortho intramolecular Hbond substituents is 1. The Labute approximate surface area is 111 Å². The molecular weight excluding hydrogens is 244 g/mol. The molecule has 1 aromatic heterocycles. The lowest BCUT2D eigenvalue weighted by atomic mass is 10.1. The zero-order valence-electron chi connectivity index (χ0n) is 10.7.